The molecule has 2 aromatic rings. The molecule has 1 aromatic heterocycles. The van der Waals surface area contributed by atoms with Crippen LogP contribution in [0.2, 0.25) is 5.15 Å². The Morgan fingerprint density at radius 2 is 1.79 bits per heavy atom. The maximum Gasteiger partial charge on any atom is 0.134 e. The van der Waals surface area contributed by atoms with Crippen LogP contribution in [0.5, 0.6) is 0 Å². The fraction of sp³-hybridized carbons (Fsp3) is 0.286. The smallest absolute Gasteiger partial charge is 0.134 e. The largest absolute Gasteiger partial charge is 0.385 e. The molecule has 19 heavy (non-hydrogen) atoms. The maximum absolute atomic E-state index is 5.87. The number of anilines is 2. The van der Waals surface area contributed by atoms with Crippen molar-refractivity contribution in [2.75, 3.05) is 23.7 Å². The van der Waals surface area contributed by atoms with Crippen LogP contribution in [0.25, 0.3) is 0 Å². The van der Waals surface area contributed by atoms with E-state index in [9.17, 15) is 0 Å². The quantitative estimate of drug-likeness (QED) is 0.627. The summed E-state index contributed by atoms with van der Waals surface area (Å²) >= 11 is 5.87. The van der Waals surface area contributed by atoms with Gasteiger partial charge in [0, 0.05) is 24.8 Å². The molecule has 5 heteroatoms. The molecule has 0 bridgehead atoms. The molecule has 0 saturated carbocycles. The predicted molar refractivity (Wildman–Crippen MR) is 79.8 cm³/mol. The first-order chi connectivity index (χ1) is 9.24. The third-order valence-electron chi connectivity index (χ3n) is 2.57. The topological polar surface area (TPSA) is 49.8 Å². The molecule has 0 aliphatic heterocycles. The summed E-state index contributed by atoms with van der Waals surface area (Å²) in [6.45, 7) is 3.58. The molecule has 1 aromatic carbocycles. The summed E-state index contributed by atoms with van der Waals surface area (Å²) in [4.78, 5) is 8.28. The van der Waals surface area contributed by atoms with Gasteiger partial charge in [-0.15, -0.1) is 0 Å². The van der Waals surface area contributed by atoms with Gasteiger partial charge in [-0.05, 0) is 25.5 Å². The van der Waals surface area contributed by atoms with E-state index in [2.05, 4.69) is 32.7 Å². The lowest BCUT2D eigenvalue weighted by molar-refractivity contribution is 0.898. The number of benzene rings is 1. The molecule has 100 valence electrons. The predicted octanol–water partition coefficient (Wildman–Crippen LogP) is 3.35. The minimum absolute atomic E-state index is 0.470. The van der Waals surface area contributed by atoms with Crippen LogP contribution in [-0.2, 0) is 0 Å². The summed E-state index contributed by atoms with van der Waals surface area (Å²) in [5.74, 6) is 1.45. The second-order valence-corrected chi connectivity index (χ2v) is 4.58. The first-order valence-electron chi connectivity index (χ1n) is 6.28. The normalized spacial score (nSPS) is 10.2. The molecule has 0 spiro atoms. The van der Waals surface area contributed by atoms with Crippen LogP contribution in [0.15, 0.2) is 36.4 Å². The van der Waals surface area contributed by atoms with Crippen molar-refractivity contribution in [2.45, 2.75) is 13.3 Å². The Morgan fingerprint density at radius 3 is 2.53 bits per heavy atom. The second kappa shape index (κ2) is 6.95. The molecule has 2 rings (SSSR count). The number of para-hydroxylation sites is 1. The Labute approximate surface area is 118 Å². The van der Waals surface area contributed by atoms with Gasteiger partial charge < -0.3 is 10.6 Å². The maximum atomic E-state index is 5.87. The second-order valence-electron chi connectivity index (χ2n) is 4.20. The first-order valence-corrected chi connectivity index (χ1v) is 6.66. The number of rotatable bonds is 6. The highest BCUT2D eigenvalue weighted by Crippen LogP contribution is 2.11. The van der Waals surface area contributed by atoms with Gasteiger partial charge in [-0.25, -0.2) is 9.97 Å². The first kappa shape index (κ1) is 13.6. The van der Waals surface area contributed by atoms with Gasteiger partial charge in [0.05, 0.1) is 0 Å². The van der Waals surface area contributed by atoms with Crippen LogP contribution in [0, 0.1) is 6.92 Å². The lowest BCUT2D eigenvalue weighted by atomic mass is 10.3. The Hall–Kier alpha value is -1.81. The zero-order chi connectivity index (χ0) is 13.5. The summed E-state index contributed by atoms with van der Waals surface area (Å²) in [6, 6.07) is 11.9. The van der Waals surface area contributed by atoms with E-state index in [4.69, 9.17) is 11.6 Å². The fourth-order valence-electron chi connectivity index (χ4n) is 1.72. The van der Waals surface area contributed by atoms with E-state index in [0.29, 0.717) is 11.0 Å². The van der Waals surface area contributed by atoms with Crippen molar-refractivity contribution < 1.29 is 0 Å². The molecule has 0 atom stereocenters. The number of aryl methyl sites for hydroxylation is 1. The van der Waals surface area contributed by atoms with Crippen LogP contribution in [-0.4, -0.2) is 23.1 Å². The summed E-state index contributed by atoms with van der Waals surface area (Å²) in [5, 5.41) is 7.06. The van der Waals surface area contributed by atoms with Gasteiger partial charge in [0.25, 0.3) is 0 Å². The highest BCUT2D eigenvalue weighted by Gasteiger charge is 1.98. The monoisotopic (exact) mass is 276 g/mol. The number of aromatic nitrogens is 2. The molecular weight excluding hydrogens is 260 g/mol. The minimum atomic E-state index is 0.470. The average molecular weight is 277 g/mol. The molecule has 0 saturated heterocycles. The Kier molecular flexibility index (Phi) is 4.98. The number of hydrogen-bond acceptors (Lipinski definition) is 4. The number of halogens is 1. The van der Waals surface area contributed by atoms with Crippen molar-refractivity contribution >= 4 is 23.1 Å². The average Bonchev–Trinajstić information content (AvgIpc) is 2.38. The van der Waals surface area contributed by atoms with Gasteiger partial charge in [-0.1, -0.05) is 29.8 Å². The van der Waals surface area contributed by atoms with Crippen LogP contribution in [0.4, 0.5) is 11.5 Å². The Bertz CT molecular complexity index is 496. The lowest BCUT2D eigenvalue weighted by Gasteiger charge is -2.08. The molecule has 0 amide bonds. The van der Waals surface area contributed by atoms with Gasteiger partial charge in [0.1, 0.15) is 16.8 Å². The molecule has 2 N–H and O–H groups in total. The van der Waals surface area contributed by atoms with Crippen LogP contribution in [0.3, 0.4) is 0 Å². The van der Waals surface area contributed by atoms with Gasteiger partial charge in [-0.2, -0.15) is 0 Å². The zero-order valence-corrected chi connectivity index (χ0v) is 11.6. The zero-order valence-electron chi connectivity index (χ0n) is 10.9. The molecule has 1 heterocycles. The van der Waals surface area contributed by atoms with Crippen LogP contribution < -0.4 is 10.6 Å². The van der Waals surface area contributed by atoms with E-state index in [0.717, 1.165) is 31.0 Å². The van der Waals surface area contributed by atoms with Crippen LogP contribution in [0.1, 0.15) is 12.2 Å². The van der Waals surface area contributed by atoms with E-state index in [-0.39, 0.29) is 0 Å². The van der Waals surface area contributed by atoms with Crippen molar-refractivity contribution in [3.63, 3.8) is 0 Å². The van der Waals surface area contributed by atoms with E-state index in [1.165, 1.54) is 0 Å². The summed E-state index contributed by atoms with van der Waals surface area (Å²) in [7, 11) is 0. The third-order valence-corrected chi connectivity index (χ3v) is 2.76. The van der Waals surface area contributed by atoms with Crippen molar-refractivity contribution in [3.05, 3.63) is 47.4 Å². The molecular formula is C14H17ClN4. The number of nitrogens with zero attached hydrogens (tertiary/aromatic N) is 2. The van der Waals surface area contributed by atoms with Crippen molar-refractivity contribution in [3.8, 4) is 0 Å². The van der Waals surface area contributed by atoms with Gasteiger partial charge in [-0.3, -0.25) is 0 Å². The van der Waals surface area contributed by atoms with E-state index in [1.807, 2.05) is 25.1 Å². The van der Waals surface area contributed by atoms with Gasteiger partial charge in [0.15, 0.2) is 0 Å². The number of hydrogen-bond donors (Lipinski definition) is 2. The van der Waals surface area contributed by atoms with E-state index >= 15 is 0 Å². The highest BCUT2D eigenvalue weighted by molar-refractivity contribution is 6.29. The fourth-order valence-corrected chi connectivity index (χ4v) is 1.94. The van der Waals surface area contributed by atoms with E-state index in [1.54, 1.807) is 6.07 Å². The standard InChI is InChI=1S/C14H17ClN4/c1-11-18-13(15)10-14(19-11)17-9-5-8-16-12-6-3-2-4-7-12/h2-4,6-7,10,16H,5,8-9H2,1H3,(H,17,18,19). The Morgan fingerprint density at radius 1 is 1.05 bits per heavy atom. The SMILES string of the molecule is Cc1nc(Cl)cc(NCCCNc2ccccc2)n1. The third kappa shape index (κ3) is 4.75. The summed E-state index contributed by atoms with van der Waals surface area (Å²) < 4.78 is 0. The van der Waals surface area contributed by atoms with Crippen LogP contribution >= 0.6 is 11.6 Å². The van der Waals surface area contributed by atoms with Crippen molar-refractivity contribution in [2.24, 2.45) is 0 Å². The minimum Gasteiger partial charge on any atom is -0.385 e. The number of nitrogens with one attached hydrogen (secondary N) is 2. The van der Waals surface area contributed by atoms with E-state index < -0.39 is 0 Å². The van der Waals surface area contributed by atoms with Crippen molar-refractivity contribution in [1.82, 2.24) is 9.97 Å². The lowest BCUT2D eigenvalue weighted by Crippen LogP contribution is -2.10. The summed E-state index contributed by atoms with van der Waals surface area (Å²) in [5.41, 5.74) is 1.14. The van der Waals surface area contributed by atoms with Gasteiger partial charge >= 0.3 is 0 Å². The van der Waals surface area contributed by atoms with Crippen molar-refractivity contribution in [1.29, 1.82) is 0 Å². The highest BCUT2D eigenvalue weighted by atomic mass is 35.5. The molecule has 4 nitrogen and oxygen atoms in total. The Balaban J connectivity index is 1.69. The summed E-state index contributed by atoms with van der Waals surface area (Å²) in [6.07, 6.45) is 0.996. The molecule has 0 fully saturated rings. The molecule has 0 radical (unpaired) electrons. The van der Waals surface area contributed by atoms with Gasteiger partial charge in [0.2, 0.25) is 0 Å². The molecule has 0 aliphatic carbocycles. The molecule has 0 unspecified atom stereocenters. The molecule has 0 aliphatic rings.